The van der Waals surface area contributed by atoms with Crippen molar-refractivity contribution in [2.75, 3.05) is 41.0 Å². The van der Waals surface area contributed by atoms with Crippen LogP contribution >= 0.6 is 0 Å². The van der Waals surface area contributed by atoms with Crippen LogP contribution in [0.2, 0.25) is 0 Å². The average Bonchev–Trinajstić information content (AvgIpc) is 2.63. The van der Waals surface area contributed by atoms with Crippen molar-refractivity contribution < 1.29 is 23.8 Å². The molecular formula is C18H28N2O5. The Kier molecular flexibility index (Phi) is 8.60. The van der Waals surface area contributed by atoms with Gasteiger partial charge in [-0.2, -0.15) is 0 Å². The first kappa shape index (κ1) is 20.6. The lowest BCUT2D eigenvalue weighted by Gasteiger charge is -2.20. The number of rotatable bonds is 10. The van der Waals surface area contributed by atoms with Crippen molar-refractivity contribution in [1.82, 2.24) is 10.2 Å². The van der Waals surface area contributed by atoms with Crippen LogP contribution < -0.4 is 19.5 Å². The molecule has 0 aromatic heterocycles. The molecule has 1 rings (SSSR count). The van der Waals surface area contributed by atoms with Gasteiger partial charge in [0.2, 0.25) is 17.6 Å². The van der Waals surface area contributed by atoms with Crippen LogP contribution in [-0.2, 0) is 16.0 Å². The highest BCUT2D eigenvalue weighted by atomic mass is 16.5. The molecule has 1 aromatic carbocycles. The summed E-state index contributed by atoms with van der Waals surface area (Å²) < 4.78 is 15.9. The summed E-state index contributed by atoms with van der Waals surface area (Å²) in [5.74, 6) is 1.41. The quantitative estimate of drug-likeness (QED) is 0.692. The summed E-state index contributed by atoms with van der Waals surface area (Å²) in [4.78, 5) is 25.6. The summed E-state index contributed by atoms with van der Waals surface area (Å²) in [5.41, 5.74) is 0.900. The molecule has 2 amide bonds. The minimum Gasteiger partial charge on any atom is -0.493 e. The number of ether oxygens (including phenoxy) is 3. The maximum absolute atomic E-state index is 12.4. The minimum atomic E-state index is -0.148. The van der Waals surface area contributed by atoms with Gasteiger partial charge in [-0.1, -0.05) is 0 Å². The summed E-state index contributed by atoms with van der Waals surface area (Å²) in [6.45, 7) is 4.83. The number of nitrogens with one attached hydrogen (secondary N) is 1. The lowest BCUT2D eigenvalue weighted by molar-refractivity contribution is -0.135. The van der Waals surface area contributed by atoms with Crippen LogP contribution in [0.4, 0.5) is 0 Å². The predicted octanol–water partition coefficient (Wildman–Crippen LogP) is 1.63. The van der Waals surface area contributed by atoms with Crippen molar-refractivity contribution in [3.05, 3.63) is 17.7 Å². The highest BCUT2D eigenvalue weighted by Crippen LogP contribution is 2.38. The zero-order valence-corrected chi connectivity index (χ0v) is 15.7. The second kappa shape index (κ2) is 10.4. The average molecular weight is 352 g/mol. The third-order valence-electron chi connectivity index (χ3n) is 3.79. The summed E-state index contributed by atoms with van der Waals surface area (Å²) in [5, 5.41) is 2.70. The molecular weight excluding hydrogens is 324 g/mol. The molecule has 0 atom stereocenters. The van der Waals surface area contributed by atoms with Gasteiger partial charge in [-0.25, -0.2) is 0 Å². The smallest absolute Gasteiger partial charge is 0.239 e. The molecule has 7 heteroatoms. The fourth-order valence-corrected chi connectivity index (χ4v) is 2.49. The van der Waals surface area contributed by atoms with E-state index in [9.17, 15) is 9.59 Å². The van der Waals surface area contributed by atoms with Gasteiger partial charge in [0.1, 0.15) is 0 Å². The molecule has 0 saturated carbocycles. The SMILES string of the molecule is CCNC(=O)CN(CC)C(=O)CCc1cc(OC)c(OC)c(OC)c1. The molecule has 0 spiro atoms. The molecule has 0 aliphatic rings. The molecule has 0 aliphatic carbocycles. The van der Waals surface area contributed by atoms with E-state index in [1.54, 1.807) is 26.2 Å². The highest BCUT2D eigenvalue weighted by molar-refractivity contribution is 5.84. The lowest BCUT2D eigenvalue weighted by Crippen LogP contribution is -2.40. The van der Waals surface area contributed by atoms with Crippen LogP contribution in [0.1, 0.15) is 25.8 Å². The van der Waals surface area contributed by atoms with Crippen LogP contribution in [0.25, 0.3) is 0 Å². The molecule has 1 aromatic rings. The van der Waals surface area contributed by atoms with Crippen molar-refractivity contribution >= 4 is 11.8 Å². The summed E-state index contributed by atoms with van der Waals surface area (Å²) >= 11 is 0. The molecule has 0 heterocycles. The molecule has 0 aliphatic heterocycles. The Labute approximate surface area is 149 Å². The van der Waals surface area contributed by atoms with Crippen LogP contribution in [0.3, 0.4) is 0 Å². The number of hydrogen-bond donors (Lipinski definition) is 1. The summed E-state index contributed by atoms with van der Waals surface area (Å²) in [6.07, 6.45) is 0.813. The van der Waals surface area contributed by atoms with Gasteiger partial charge >= 0.3 is 0 Å². The van der Waals surface area contributed by atoms with Gasteiger partial charge in [-0.15, -0.1) is 0 Å². The van der Waals surface area contributed by atoms with Gasteiger partial charge in [0.15, 0.2) is 11.5 Å². The maximum atomic E-state index is 12.4. The van der Waals surface area contributed by atoms with Crippen LogP contribution in [-0.4, -0.2) is 57.7 Å². The first-order valence-corrected chi connectivity index (χ1v) is 8.33. The Bertz CT molecular complexity index is 564. The fraction of sp³-hybridized carbons (Fsp3) is 0.556. The van der Waals surface area contributed by atoms with E-state index >= 15 is 0 Å². The normalized spacial score (nSPS) is 10.1. The number of hydrogen-bond acceptors (Lipinski definition) is 5. The van der Waals surface area contributed by atoms with E-state index < -0.39 is 0 Å². The Balaban J connectivity index is 2.79. The van der Waals surface area contributed by atoms with E-state index in [4.69, 9.17) is 14.2 Å². The van der Waals surface area contributed by atoms with E-state index in [0.29, 0.717) is 43.2 Å². The monoisotopic (exact) mass is 352 g/mol. The number of amides is 2. The van der Waals surface area contributed by atoms with Gasteiger partial charge in [0, 0.05) is 19.5 Å². The number of likely N-dealkylation sites (N-methyl/N-ethyl adjacent to an activating group) is 2. The van der Waals surface area contributed by atoms with Gasteiger partial charge < -0.3 is 24.4 Å². The first-order chi connectivity index (χ1) is 12.0. The zero-order chi connectivity index (χ0) is 18.8. The third-order valence-corrected chi connectivity index (χ3v) is 3.79. The van der Waals surface area contributed by atoms with Gasteiger partial charge in [0.25, 0.3) is 0 Å². The predicted molar refractivity (Wildman–Crippen MR) is 95.4 cm³/mol. The Hall–Kier alpha value is -2.44. The molecule has 0 unspecified atom stereocenters. The number of methoxy groups -OCH3 is 3. The molecule has 0 saturated heterocycles. The van der Waals surface area contributed by atoms with Gasteiger partial charge in [0.05, 0.1) is 27.9 Å². The molecule has 25 heavy (non-hydrogen) atoms. The number of benzene rings is 1. The lowest BCUT2D eigenvalue weighted by atomic mass is 10.1. The molecule has 0 radical (unpaired) electrons. The molecule has 0 bridgehead atoms. The molecule has 7 nitrogen and oxygen atoms in total. The minimum absolute atomic E-state index is 0.0671. The molecule has 1 N–H and O–H groups in total. The maximum Gasteiger partial charge on any atom is 0.239 e. The number of nitrogens with zero attached hydrogens (tertiary/aromatic N) is 1. The largest absolute Gasteiger partial charge is 0.493 e. The fourth-order valence-electron chi connectivity index (χ4n) is 2.49. The van der Waals surface area contributed by atoms with Crippen molar-refractivity contribution in [1.29, 1.82) is 0 Å². The van der Waals surface area contributed by atoms with E-state index in [1.165, 1.54) is 0 Å². The van der Waals surface area contributed by atoms with E-state index in [0.717, 1.165) is 5.56 Å². The Morgan fingerprint density at radius 3 is 2.08 bits per heavy atom. The standard InChI is InChI=1S/C18H28N2O5/c1-6-19-16(21)12-20(7-2)17(22)9-8-13-10-14(23-3)18(25-5)15(11-13)24-4/h10-11H,6-9,12H2,1-5H3,(H,19,21). The Morgan fingerprint density at radius 1 is 1.04 bits per heavy atom. The summed E-state index contributed by atoms with van der Waals surface area (Å²) in [7, 11) is 4.65. The number of aryl methyl sites for hydroxylation is 1. The Morgan fingerprint density at radius 2 is 1.64 bits per heavy atom. The van der Waals surface area contributed by atoms with Crippen molar-refractivity contribution in [2.24, 2.45) is 0 Å². The van der Waals surface area contributed by atoms with E-state index in [1.807, 2.05) is 26.0 Å². The number of carbonyl (C=O) groups is 2. The van der Waals surface area contributed by atoms with Gasteiger partial charge in [-0.05, 0) is 38.0 Å². The van der Waals surface area contributed by atoms with Crippen LogP contribution in [0.5, 0.6) is 17.2 Å². The zero-order valence-electron chi connectivity index (χ0n) is 15.7. The van der Waals surface area contributed by atoms with Crippen molar-refractivity contribution in [2.45, 2.75) is 26.7 Å². The summed E-state index contributed by atoms with van der Waals surface area (Å²) in [6, 6.07) is 3.66. The third kappa shape index (κ3) is 5.85. The first-order valence-electron chi connectivity index (χ1n) is 8.33. The highest BCUT2D eigenvalue weighted by Gasteiger charge is 2.17. The molecule has 0 fully saturated rings. The molecule has 140 valence electrons. The van der Waals surface area contributed by atoms with Crippen molar-refractivity contribution in [3.63, 3.8) is 0 Å². The topological polar surface area (TPSA) is 77.1 Å². The number of carbonyl (C=O) groups excluding carboxylic acids is 2. The second-order valence-corrected chi connectivity index (χ2v) is 5.40. The van der Waals surface area contributed by atoms with E-state index in [2.05, 4.69) is 5.32 Å². The van der Waals surface area contributed by atoms with E-state index in [-0.39, 0.29) is 18.4 Å². The van der Waals surface area contributed by atoms with Gasteiger partial charge in [-0.3, -0.25) is 9.59 Å². The second-order valence-electron chi connectivity index (χ2n) is 5.40. The van der Waals surface area contributed by atoms with Crippen molar-refractivity contribution in [3.8, 4) is 17.2 Å². The van der Waals surface area contributed by atoms with Crippen LogP contribution in [0, 0.1) is 0 Å². The van der Waals surface area contributed by atoms with Crippen LogP contribution in [0.15, 0.2) is 12.1 Å².